The van der Waals surface area contributed by atoms with Gasteiger partial charge < -0.3 is 25.3 Å². The van der Waals surface area contributed by atoms with Crippen LogP contribution in [0.3, 0.4) is 0 Å². The Hall–Kier alpha value is -14.3. The second-order valence-electron chi connectivity index (χ2n) is 28.2. The number of aryl methyl sites for hydroxylation is 5. The Balaban J connectivity index is 0.000000117. The fraction of sp³-hybridized carbons (Fsp3) is 0.0556. The third-order valence-electron chi connectivity index (χ3n) is 20.1. The van der Waals surface area contributed by atoms with Gasteiger partial charge >= 0.3 is 0 Å². The van der Waals surface area contributed by atoms with Crippen LogP contribution >= 0.6 is 0 Å². The topological polar surface area (TPSA) is 33.8 Å². The van der Waals surface area contributed by atoms with E-state index < -0.39 is 0 Å². The Bertz CT molecular complexity index is 6170. The van der Waals surface area contributed by atoms with E-state index in [9.17, 15) is 0 Å². The SMILES string of the molecule is C.Cc1ccc(N(c2ccccc2)c2ccc3ccccc3c2)cc1.Cc1ccc(N(c2ccccc2)c2cccc3ccccc23)cc1.Cc1ccc(N(c2ccccc2)c2ccccc2)cc1.Cc1ccc(Nc2cc3ccccc3c3ccccc23)cc1.Cc1ccc(Nc2cccc3ccc4ccccc4c23)cc1. The molecule has 2 N–H and O–H groups in total. The fourth-order valence-electron chi connectivity index (χ4n) is 14.3. The largest absolute Gasteiger partial charge is 0.355 e. The van der Waals surface area contributed by atoms with E-state index in [-0.39, 0.29) is 7.43 Å². The zero-order valence-electron chi connectivity index (χ0n) is 63.9. The maximum Gasteiger partial charge on any atom is 0.0540 e. The molecule has 5 nitrogen and oxygen atoms in total. The molecular formula is C108H93N5. The van der Waals surface area contributed by atoms with Crippen LogP contribution in [0.4, 0.5) is 73.9 Å². The molecular weight excluding hydrogens is 1370 g/mol. The molecule has 19 aromatic carbocycles. The summed E-state index contributed by atoms with van der Waals surface area (Å²) in [5.41, 5.74) is 21.4. The Morgan fingerprint density at radius 2 is 0.487 bits per heavy atom. The van der Waals surface area contributed by atoms with Crippen LogP contribution in [-0.4, -0.2) is 0 Å². The number of hydrogen-bond donors (Lipinski definition) is 2. The number of anilines is 13. The maximum absolute atomic E-state index is 3.57. The molecule has 0 spiro atoms. The number of para-hydroxylation sites is 4. The van der Waals surface area contributed by atoms with Crippen molar-refractivity contribution >= 4 is 139 Å². The number of benzene rings is 19. The van der Waals surface area contributed by atoms with Crippen molar-refractivity contribution in [2.75, 3.05) is 25.3 Å². The summed E-state index contributed by atoms with van der Waals surface area (Å²) >= 11 is 0. The minimum Gasteiger partial charge on any atom is -0.355 e. The second kappa shape index (κ2) is 36.3. The number of nitrogens with one attached hydrogen (secondary N) is 2. The van der Waals surface area contributed by atoms with Gasteiger partial charge in [0.2, 0.25) is 0 Å². The lowest BCUT2D eigenvalue weighted by Gasteiger charge is -2.26. The van der Waals surface area contributed by atoms with Gasteiger partial charge in [-0.1, -0.05) is 332 Å². The van der Waals surface area contributed by atoms with Crippen LogP contribution in [0.25, 0.3) is 64.6 Å². The standard InChI is InChI=1S/2C23H19N.2C21H17N.C19H17N.CH4/c1-18-14-16-21(17-15-18)24(20-10-3-2-4-11-20)23-13-7-9-19-8-5-6-12-22(19)23;1-18-11-14-22(15-12-18)24(21-9-3-2-4-10-21)23-16-13-19-7-5-6-8-20(19)17-23;1-15-10-12-17(13-11-15)22-21-14-16-6-2-3-7-18(16)19-8-4-5-9-20(19)21;1-15-9-13-18(14-10-15)22-20-8-4-6-17-12-11-16-5-2-3-7-19(16)21(17)20;1-16-12-14-19(15-13-16)20(17-8-4-2-5-9-17)18-10-6-3-7-11-18;/h2*2-17H,1H3;2*2-14,22H,1H3;2-15H,1H3;1H4. The fourth-order valence-corrected chi connectivity index (χ4v) is 14.3. The molecule has 0 heterocycles. The molecule has 0 aromatic heterocycles. The molecule has 19 rings (SSSR count). The summed E-state index contributed by atoms with van der Waals surface area (Å²) in [5, 5.41) is 22.3. The van der Waals surface area contributed by atoms with Crippen LogP contribution in [0.2, 0.25) is 0 Å². The van der Waals surface area contributed by atoms with Crippen molar-refractivity contribution in [1.82, 2.24) is 0 Å². The number of nitrogens with zero attached hydrogens (tertiary/aromatic N) is 3. The molecule has 0 bridgehead atoms. The predicted molar refractivity (Wildman–Crippen MR) is 491 cm³/mol. The van der Waals surface area contributed by atoms with Crippen LogP contribution in [0.5, 0.6) is 0 Å². The van der Waals surface area contributed by atoms with Crippen LogP contribution in [0.15, 0.2) is 437 Å². The van der Waals surface area contributed by atoms with E-state index in [1.54, 1.807) is 0 Å². The van der Waals surface area contributed by atoms with Crippen molar-refractivity contribution in [1.29, 1.82) is 0 Å². The van der Waals surface area contributed by atoms with E-state index in [0.29, 0.717) is 0 Å². The van der Waals surface area contributed by atoms with Crippen molar-refractivity contribution in [3.63, 3.8) is 0 Å². The number of fused-ring (bicyclic) bond motifs is 8. The van der Waals surface area contributed by atoms with E-state index in [4.69, 9.17) is 0 Å². The van der Waals surface area contributed by atoms with Crippen LogP contribution in [-0.2, 0) is 0 Å². The Labute approximate surface area is 666 Å². The van der Waals surface area contributed by atoms with Gasteiger partial charge in [0.25, 0.3) is 0 Å². The quantitative estimate of drug-likeness (QED) is 0.112. The summed E-state index contributed by atoms with van der Waals surface area (Å²) in [6.45, 7) is 10.6. The third kappa shape index (κ3) is 18.4. The second-order valence-corrected chi connectivity index (χ2v) is 28.2. The molecule has 0 aliphatic carbocycles. The van der Waals surface area contributed by atoms with Gasteiger partial charge in [0.05, 0.1) is 5.69 Å². The molecule has 0 radical (unpaired) electrons. The third-order valence-corrected chi connectivity index (χ3v) is 20.1. The smallest absolute Gasteiger partial charge is 0.0540 e. The molecule has 0 atom stereocenters. The lowest BCUT2D eigenvalue weighted by atomic mass is 10.00. The van der Waals surface area contributed by atoms with Crippen molar-refractivity contribution < 1.29 is 0 Å². The average Bonchev–Trinajstić information content (AvgIpc) is 0.782. The zero-order valence-corrected chi connectivity index (χ0v) is 63.9. The molecule has 0 amide bonds. The molecule has 0 saturated carbocycles. The van der Waals surface area contributed by atoms with E-state index in [1.807, 2.05) is 12.1 Å². The van der Waals surface area contributed by atoms with Gasteiger partial charge in [-0.25, -0.2) is 0 Å². The summed E-state index contributed by atoms with van der Waals surface area (Å²) in [4.78, 5) is 6.88. The Kier molecular flexibility index (Phi) is 24.3. The molecule has 550 valence electrons. The normalized spacial score (nSPS) is 10.6. The average molecular weight is 1460 g/mol. The summed E-state index contributed by atoms with van der Waals surface area (Å²) in [7, 11) is 0. The highest BCUT2D eigenvalue weighted by Crippen LogP contribution is 2.42. The first-order valence-corrected chi connectivity index (χ1v) is 38.4. The minimum atomic E-state index is 0. The Morgan fingerprint density at radius 3 is 0.991 bits per heavy atom. The van der Waals surface area contributed by atoms with Gasteiger partial charge in [-0.15, -0.1) is 0 Å². The highest BCUT2D eigenvalue weighted by Gasteiger charge is 2.17. The van der Waals surface area contributed by atoms with Gasteiger partial charge in [0.1, 0.15) is 0 Å². The molecule has 0 aliphatic rings. The number of rotatable bonds is 13. The molecule has 5 heteroatoms. The van der Waals surface area contributed by atoms with Crippen LogP contribution in [0.1, 0.15) is 35.2 Å². The first-order chi connectivity index (χ1) is 55.1. The summed E-state index contributed by atoms with van der Waals surface area (Å²) in [6, 6.07) is 154. The molecule has 113 heavy (non-hydrogen) atoms. The lowest BCUT2D eigenvalue weighted by Crippen LogP contribution is -2.10. The Morgan fingerprint density at radius 1 is 0.177 bits per heavy atom. The van der Waals surface area contributed by atoms with Gasteiger partial charge in [0.15, 0.2) is 0 Å². The van der Waals surface area contributed by atoms with Crippen molar-refractivity contribution in [2.45, 2.75) is 42.0 Å². The highest BCUT2D eigenvalue weighted by atomic mass is 15.2. The summed E-state index contributed by atoms with van der Waals surface area (Å²) in [5.74, 6) is 0. The minimum absolute atomic E-state index is 0. The van der Waals surface area contributed by atoms with Crippen molar-refractivity contribution in [3.05, 3.63) is 465 Å². The molecule has 0 fully saturated rings. The van der Waals surface area contributed by atoms with E-state index in [0.717, 1.165) is 34.1 Å². The maximum atomic E-state index is 3.57. The van der Waals surface area contributed by atoms with Crippen molar-refractivity contribution in [2.24, 2.45) is 0 Å². The summed E-state index contributed by atoms with van der Waals surface area (Å²) < 4.78 is 0. The first-order valence-electron chi connectivity index (χ1n) is 38.4. The number of hydrogen-bond acceptors (Lipinski definition) is 5. The van der Waals surface area contributed by atoms with Gasteiger partial charge in [0, 0.05) is 84.4 Å². The van der Waals surface area contributed by atoms with Crippen LogP contribution in [0, 0.1) is 34.6 Å². The van der Waals surface area contributed by atoms with Gasteiger partial charge in [-0.05, 0) is 223 Å². The highest BCUT2D eigenvalue weighted by molar-refractivity contribution is 6.15. The van der Waals surface area contributed by atoms with Gasteiger partial charge in [-0.3, -0.25) is 0 Å². The predicted octanol–water partition coefficient (Wildman–Crippen LogP) is 31.4. The van der Waals surface area contributed by atoms with E-state index in [1.165, 1.54) is 132 Å². The molecule has 0 aliphatic heterocycles. The first kappa shape index (κ1) is 75.5. The van der Waals surface area contributed by atoms with E-state index in [2.05, 4.69) is 485 Å². The van der Waals surface area contributed by atoms with Crippen LogP contribution < -0.4 is 25.3 Å². The zero-order chi connectivity index (χ0) is 76.4. The van der Waals surface area contributed by atoms with Crippen molar-refractivity contribution in [3.8, 4) is 0 Å². The van der Waals surface area contributed by atoms with E-state index >= 15 is 0 Å². The lowest BCUT2D eigenvalue weighted by molar-refractivity contribution is 1.27. The van der Waals surface area contributed by atoms with Gasteiger partial charge in [-0.2, -0.15) is 0 Å². The molecule has 0 unspecified atom stereocenters. The summed E-state index contributed by atoms with van der Waals surface area (Å²) in [6.07, 6.45) is 0. The monoisotopic (exact) mass is 1460 g/mol. The molecule has 0 saturated heterocycles. The molecule has 19 aromatic rings.